The van der Waals surface area contributed by atoms with Crippen LogP contribution in [0.1, 0.15) is 26.2 Å². The number of nitrogens with one attached hydrogen (secondary N) is 1. The topological polar surface area (TPSA) is 85.8 Å². The minimum absolute atomic E-state index is 0.146. The molecule has 20 heavy (non-hydrogen) atoms. The van der Waals surface area contributed by atoms with E-state index >= 15 is 0 Å². The van der Waals surface area contributed by atoms with Crippen molar-refractivity contribution in [3.8, 4) is 5.69 Å². The summed E-state index contributed by atoms with van der Waals surface area (Å²) in [5, 5.41) is 6.85. The molecule has 1 atom stereocenters. The molecule has 0 aliphatic carbocycles. The number of unbranched alkanes of at least 4 members (excludes halogenated alkanes) is 1. The van der Waals surface area contributed by atoms with Crippen LogP contribution in [0.4, 0.5) is 5.69 Å². The van der Waals surface area contributed by atoms with Crippen molar-refractivity contribution in [3.05, 3.63) is 36.9 Å². The molecular formula is C14H19N5O. The van der Waals surface area contributed by atoms with Gasteiger partial charge in [0.25, 0.3) is 0 Å². The number of hydrogen-bond acceptors (Lipinski definition) is 4. The number of nitrogens with zero attached hydrogens (tertiary/aromatic N) is 3. The molecule has 0 saturated heterocycles. The summed E-state index contributed by atoms with van der Waals surface area (Å²) in [5.74, 6) is -0.146. The molecule has 0 fully saturated rings. The Morgan fingerprint density at radius 2 is 2.15 bits per heavy atom. The number of nitrogens with two attached hydrogens (primary N) is 1. The van der Waals surface area contributed by atoms with Crippen LogP contribution in [0.15, 0.2) is 36.9 Å². The first-order valence-electron chi connectivity index (χ1n) is 6.72. The molecule has 2 rings (SSSR count). The fourth-order valence-corrected chi connectivity index (χ4v) is 1.83. The van der Waals surface area contributed by atoms with Gasteiger partial charge in [0, 0.05) is 5.69 Å². The molecule has 6 nitrogen and oxygen atoms in total. The van der Waals surface area contributed by atoms with E-state index in [1.807, 2.05) is 24.3 Å². The highest BCUT2D eigenvalue weighted by molar-refractivity contribution is 5.94. The number of aromatic nitrogens is 3. The Labute approximate surface area is 118 Å². The molecule has 0 bridgehead atoms. The molecule has 0 saturated carbocycles. The number of anilines is 1. The van der Waals surface area contributed by atoms with Crippen molar-refractivity contribution in [2.24, 2.45) is 5.73 Å². The second kappa shape index (κ2) is 6.81. The van der Waals surface area contributed by atoms with Gasteiger partial charge in [-0.3, -0.25) is 4.79 Å². The van der Waals surface area contributed by atoms with Crippen molar-refractivity contribution in [1.82, 2.24) is 14.8 Å². The van der Waals surface area contributed by atoms with E-state index in [2.05, 4.69) is 22.3 Å². The van der Waals surface area contributed by atoms with Crippen LogP contribution in [-0.4, -0.2) is 26.7 Å². The van der Waals surface area contributed by atoms with Crippen molar-refractivity contribution >= 4 is 11.6 Å². The van der Waals surface area contributed by atoms with Crippen LogP contribution in [0.3, 0.4) is 0 Å². The lowest BCUT2D eigenvalue weighted by molar-refractivity contribution is -0.117. The fraction of sp³-hybridized carbons (Fsp3) is 0.357. The number of carbonyl (C=O) groups is 1. The van der Waals surface area contributed by atoms with Crippen LogP contribution in [0.5, 0.6) is 0 Å². The van der Waals surface area contributed by atoms with E-state index in [-0.39, 0.29) is 5.91 Å². The number of rotatable bonds is 6. The SMILES string of the molecule is CCCCC(N)C(=O)Nc1ccc(-n2cncn2)cc1. The molecule has 1 unspecified atom stereocenters. The molecule has 3 N–H and O–H groups in total. The van der Waals surface area contributed by atoms with Crippen molar-refractivity contribution in [2.45, 2.75) is 32.2 Å². The van der Waals surface area contributed by atoms with E-state index < -0.39 is 6.04 Å². The molecule has 1 heterocycles. The summed E-state index contributed by atoms with van der Waals surface area (Å²) in [6.45, 7) is 2.08. The maximum absolute atomic E-state index is 11.9. The third kappa shape index (κ3) is 3.64. The molecule has 0 aliphatic heterocycles. The summed E-state index contributed by atoms with van der Waals surface area (Å²) in [7, 11) is 0. The summed E-state index contributed by atoms with van der Waals surface area (Å²) in [6, 6.07) is 6.91. The van der Waals surface area contributed by atoms with E-state index in [4.69, 9.17) is 5.73 Å². The number of benzene rings is 1. The molecule has 1 aromatic carbocycles. The second-order valence-corrected chi connectivity index (χ2v) is 4.62. The largest absolute Gasteiger partial charge is 0.325 e. The van der Waals surface area contributed by atoms with Crippen molar-refractivity contribution < 1.29 is 4.79 Å². The quantitative estimate of drug-likeness (QED) is 0.839. The van der Waals surface area contributed by atoms with Crippen LogP contribution in [0.2, 0.25) is 0 Å². The first-order valence-corrected chi connectivity index (χ1v) is 6.72. The zero-order chi connectivity index (χ0) is 14.4. The van der Waals surface area contributed by atoms with Gasteiger partial charge in [0.05, 0.1) is 11.7 Å². The first kappa shape index (κ1) is 14.2. The van der Waals surface area contributed by atoms with Crippen molar-refractivity contribution in [2.75, 3.05) is 5.32 Å². The highest BCUT2D eigenvalue weighted by Gasteiger charge is 2.12. The Hall–Kier alpha value is -2.21. The summed E-state index contributed by atoms with van der Waals surface area (Å²) < 4.78 is 1.65. The van der Waals surface area contributed by atoms with Gasteiger partial charge in [-0.15, -0.1) is 0 Å². The molecule has 1 amide bonds. The molecular weight excluding hydrogens is 254 g/mol. The smallest absolute Gasteiger partial charge is 0.241 e. The number of carbonyl (C=O) groups excluding carboxylic acids is 1. The van der Waals surface area contributed by atoms with Gasteiger partial charge in [0.2, 0.25) is 5.91 Å². The zero-order valence-corrected chi connectivity index (χ0v) is 11.5. The average Bonchev–Trinajstić information content (AvgIpc) is 2.99. The Bertz CT molecular complexity index is 535. The number of hydrogen-bond donors (Lipinski definition) is 2. The minimum atomic E-state index is -0.454. The van der Waals surface area contributed by atoms with Crippen molar-refractivity contribution in [3.63, 3.8) is 0 Å². The summed E-state index contributed by atoms with van der Waals surface area (Å²) in [6.07, 6.45) is 5.80. The first-order chi connectivity index (χ1) is 9.70. The maximum Gasteiger partial charge on any atom is 0.241 e. The van der Waals surface area contributed by atoms with E-state index in [1.54, 1.807) is 11.0 Å². The predicted octanol–water partition coefficient (Wildman–Crippen LogP) is 1.72. The van der Waals surface area contributed by atoms with E-state index in [9.17, 15) is 4.79 Å². The van der Waals surface area contributed by atoms with Crippen LogP contribution in [-0.2, 0) is 4.79 Å². The zero-order valence-electron chi connectivity index (χ0n) is 11.5. The third-order valence-electron chi connectivity index (χ3n) is 3.02. The van der Waals surface area contributed by atoms with Crippen molar-refractivity contribution in [1.29, 1.82) is 0 Å². The Kier molecular flexibility index (Phi) is 4.84. The molecule has 0 aliphatic rings. The lowest BCUT2D eigenvalue weighted by atomic mass is 10.1. The Balaban J connectivity index is 1.95. The van der Waals surface area contributed by atoms with Gasteiger partial charge in [-0.1, -0.05) is 19.8 Å². The van der Waals surface area contributed by atoms with Gasteiger partial charge >= 0.3 is 0 Å². The molecule has 1 aromatic heterocycles. The van der Waals surface area contributed by atoms with Gasteiger partial charge < -0.3 is 11.1 Å². The van der Waals surface area contributed by atoms with Gasteiger partial charge in [0.1, 0.15) is 12.7 Å². The van der Waals surface area contributed by atoms with Gasteiger partial charge in [-0.2, -0.15) is 5.10 Å². The highest BCUT2D eigenvalue weighted by atomic mass is 16.2. The standard InChI is InChI=1S/C14H19N5O/c1-2-3-4-13(15)14(20)18-11-5-7-12(8-6-11)19-10-16-9-17-19/h5-10,13H,2-4,15H2,1H3,(H,18,20). The summed E-state index contributed by atoms with van der Waals surface area (Å²) in [4.78, 5) is 15.8. The number of amides is 1. The van der Waals surface area contributed by atoms with Crippen LogP contribution >= 0.6 is 0 Å². The second-order valence-electron chi connectivity index (χ2n) is 4.62. The third-order valence-corrected chi connectivity index (χ3v) is 3.02. The van der Waals surface area contributed by atoms with Gasteiger partial charge in [-0.25, -0.2) is 9.67 Å². The Morgan fingerprint density at radius 3 is 2.75 bits per heavy atom. The van der Waals surface area contributed by atoms with Gasteiger partial charge in [0.15, 0.2) is 0 Å². The molecule has 0 radical (unpaired) electrons. The lowest BCUT2D eigenvalue weighted by Gasteiger charge is -2.12. The minimum Gasteiger partial charge on any atom is -0.325 e. The molecule has 106 valence electrons. The molecule has 6 heteroatoms. The monoisotopic (exact) mass is 273 g/mol. The Morgan fingerprint density at radius 1 is 1.40 bits per heavy atom. The van der Waals surface area contributed by atoms with E-state index in [1.165, 1.54) is 6.33 Å². The summed E-state index contributed by atoms with van der Waals surface area (Å²) in [5.41, 5.74) is 7.44. The summed E-state index contributed by atoms with van der Waals surface area (Å²) >= 11 is 0. The van der Waals surface area contributed by atoms with E-state index in [0.29, 0.717) is 6.42 Å². The maximum atomic E-state index is 11.9. The lowest BCUT2D eigenvalue weighted by Crippen LogP contribution is -2.35. The average molecular weight is 273 g/mol. The molecule has 2 aromatic rings. The fourth-order valence-electron chi connectivity index (χ4n) is 1.83. The van der Waals surface area contributed by atoms with Crippen LogP contribution in [0.25, 0.3) is 5.69 Å². The van der Waals surface area contributed by atoms with Gasteiger partial charge in [-0.05, 0) is 30.7 Å². The van der Waals surface area contributed by atoms with Crippen LogP contribution < -0.4 is 11.1 Å². The predicted molar refractivity (Wildman–Crippen MR) is 77.5 cm³/mol. The van der Waals surface area contributed by atoms with E-state index in [0.717, 1.165) is 24.2 Å². The van der Waals surface area contributed by atoms with Crippen LogP contribution in [0, 0.1) is 0 Å². The molecule has 0 spiro atoms. The highest BCUT2D eigenvalue weighted by Crippen LogP contribution is 2.12. The normalized spacial score (nSPS) is 12.1.